The topological polar surface area (TPSA) is 91.3 Å². The Morgan fingerprint density at radius 3 is 2.67 bits per heavy atom. The molecule has 0 aliphatic rings. The largest absolute Gasteiger partial charge is 0.473 e. The van der Waals surface area contributed by atoms with E-state index in [2.05, 4.69) is 4.98 Å². The first-order valence-corrected chi connectivity index (χ1v) is 4.90. The Labute approximate surface area is 99.7 Å². The van der Waals surface area contributed by atoms with Gasteiger partial charge in [0.1, 0.15) is 5.82 Å². The normalized spacial score (nSPS) is 11.3. The Bertz CT molecular complexity index is 437. The predicted octanol–water partition coefficient (Wildman–Crippen LogP) is 2.29. The van der Waals surface area contributed by atoms with Crippen LogP contribution in [0.5, 0.6) is 5.88 Å². The number of nitrogens with zero attached hydrogens (tertiary/aromatic N) is 2. The number of nitrogen functional groups attached to an aromatic ring is 1. The van der Waals surface area contributed by atoms with E-state index in [1.807, 2.05) is 0 Å². The maximum Gasteiger partial charge on any atom is 0.389 e. The number of pyridine rings is 1. The van der Waals surface area contributed by atoms with E-state index in [4.69, 9.17) is 10.5 Å². The van der Waals surface area contributed by atoms with Gasteiger partial charge in [-0.25, -0.2) is 0 Å². The van der Waals surface area contributed by atoms with Crippen LogP contribution in [0.4, 0.5) is 24.7 Å². The zero-order valence-electron chi connectivity index (χ0n) is 9.11. The van der Waals surface area contributed by atoms with Crippen molar-refractivity contribution in [1.29, 1.82) is 0 Å². The Morgan fingerprint density at radius 1 is 1.44 bits per heavy atom. The van der Waals surface area contributed by atoms with Gasteiger partial charge in [0.15, 0.2) is 0 Å². The molecule has 0 amide bonds. The van der Waals surface area contributed by atoms with Gasteiger partial charge in [-0.05, 0) is 12.5 Å². The summed E-state index contributed by atoms with van der Waals surface area (Å²) >= 11 is 0. The van der Waals surface area contributed by atoms with E-state index < -0.39 is 23.2 Å². The van der Waals surface area contributed by atoms with Crippen LogP contribution >= 0.6 is 0 Å². The van der Waals surface area contributed by atoms with Crippen molar-refractivity contribution in [3.05, 3.63) is 22.2 Å². The van der Waals surface area contributed by atoms with Crippen LogP contribution in [0.1, 0.15) is 12.8 Å². The summed E-state index contributed by atoms with van der Waals surface area (Å²) in [6.45, 7) is -0.323. The molecule has 0 aliphatic carbocycles. The molecular formula is C9H10F3N3O3. The Hall–Kier alpha value is -2.06. The lowest BCUT2D eigenvalue weighted by molar-refractivity contribution is -0.386. The first-order valence-electron chi connectivity index (χ1n) is 4.90. The number of hydrogen-bond acceptors (Lipinski definition) is 5. The van der Waals surface area contributed by atoms with E-state index >= 15 is 0 Å². The number of halogens is 3. The maximum absolute atomic E-state index is 11.9. The standard InChI is InChI=1S/C9H10F3N3O3/c10-9(11,12)4-1-5-18-8-6(15(16)17)2-3-7(13)14-8/h2-3H,1,4-5H2,(H2,13,14). The maximum atomic E-state index is 11.9. The molecule has 9 heteroatoms. The van der Waals surface area contributed by atoms with Crippen LogP contribution in [0.25, 0.3) is 0 Å². The molecule has 0 atom stereocenters. The number of ether oxygens (including phenoxy) is 1. The summed E-state index contributed by atoms with van der Waals surface area (Å²) in [5.41, 5.74) is 4.87. The van der Waals surface area contributed by atoms with E-state index in [9.17, 15) is 23.3 Å². The monoisotopic (exact) mass is 265 g/mol. The summed E-state index contributed by atoms with van der Waals surface area (Å²) in [7, 11) is 0. The molecule has 2 N–H and O–H groups in total. The molecule has 1 rings (SSSR count). The minimum absolute atomic E-state index is 0.00794. The molecule has 0 fully saturated rings. The Kier molecular flexibility index (Phi) is 4.29. The average Bonchev–Trinajstić information content (AvgIpc) is 2.22. The number of aromatic nitrogens is 1. The second-order valence-corrected chi connectivity index (χ2v) is 3.38. The molecule has 1 heterocycles. The van der Waals surface area contributed by atoms with Crippen LogP contribution in [0.2, 0.25) is 0 Å². The van der Waals surface area contributed by atoms with Gasteiger partial charge in [0.05, 0.1) is 11.5 Å². The number of nitro groups is 1. The number of alkyl halides is 3. The highest BCUT2D eigenvalue weighted by molar-refractivity contribution is 5.46. The smallest absolute Gasteiger partial charge is 0.389 e. The van der Waals surface area contributed by atoms with Crippen molar-refractivity contribution in [1.82, 2.24) is 4.98 Å². The van der Waals surface area contributed by atoms with Crippen LogP contribution in [-0.2, 0) is 0 Å². The van der Waals surface area contributed by atoms with E-state index in [1.54, 1.807) is 0 Å². The SMILES string of the molecule is Nc1ccc([N+](=O)[O-])c(OCCCC(F)(F)F)n1. The molecule has 0 saturated carbocycles. The van der Waals surface area contributed by atoms with Gasteiger partial charge in [-0.15, -0.1) is 0 Å². The summed E-state index contributed by atoms with van der Waals surface area (Å²) in [6, 6.07) is 2.29. The molecule has 100 valence electrons. The van der Waals surface area contributed by atoms with E-state index in [-0.39, 0.29) is 24.7 Å². The van der Waals surface area contributed by atoms with Gasteiger partial charge in [0.25, 0.3) is 5.88 Å². The Balaban J connectivity index is 2.61. The van der Waals surface area contributed by atoms with E-state index in [0.717, 1.165) is 6.07 Å². The van der Waals surface area contributed by atoms with Gasteiger partial charge in [-0.3, -0.25) is 10.1 Å². The molecule has 6 nitrogen and oxygen atoms in total. The summed E-state index contributed by atoms with van der Waals surface area (Å²) in [6.07, 6.45) is -5.61. The van der Waals surface area contributed by atoms with Crippen LogP contribution in [0, 0.1) is 10.1 Å². The highest BCUT2D eigenvalue weighted by atomic mass is 19.4. The number of anilines is 1. The Morgan fingerprint density at radius 2 is 2.11 bits per heavy atom. The van der Waals surface area contributed by atoms with Gasteiger partial charge in [0, 0.05) is 12.5 Å². The molecule has 1 aromatic rings. The second kappa shape index (κ2) is 5.52. The molecule has 18 heavy (non-hydrogen) atoms. The fourth-order valence-corrected chi connectivity index (χ4v) is 1.13. The van der Waals surface area contributed by atoms with Crippen molar-refractivity contribution >= 4 is 11.5 Å². The molecule has 0 spiro atoms. The van der Waals surface area contributed by atoms with Gasteiger partial charge >= 0.3 is 11.9 Å². The lowest BCUT2D eigenvalue weighted by Gasteiger charge is -2.08. The van der Waals surface area contributed by atoms with Gasteiger partial charge < -0.3 is 10.5 Å². The average molecular weight is 265 g/mol. The van der Waals surface area contributed by atoms with Crippen LogP contribution in [-0.4, -0.2) is 22.7 Å². The van der Waals surface area contributed by atoms with Crippen LogP contribution in [0.15, 0.2) is 12.1 Å². The third-order valence-corrected chi connectivity index (χ3v) is 1.90. The van der Waals surface area contributed by atoms with Gasteiger partial charge in [-0.1, -0.05) is 0 Å². The lowest BCUT2D eigenvalue weighted by atomic mass is 10.3. The van der Waals surface area contributed by atoms with Crippen molar-refractivity contribution in [2.75, 3.05) is 12.3 Å². The molecular weight excluding hydrogens is 255 g/mol. The molecule has 0 unspecified atom stereocenters. The van der Waals surface area contributed by atoms with Crippen LogP contribution < -0.4 is 10.5 Å². The minimum Gasteiger partial charge on any atom is -0.473 e. The molecule has 0 aromatic carbocycles. The fourth-order valence-electron chi connectivity index (χ4n) is 1.13. The molecule has 0 radical (unpaired) electrons. The van der Waals surface area contributed by atoms with Crippen LogP contribution in [0.3, 0.4) is 0 Å². The first-order chi connectivity index (χ1) is 8.29. The van der Waals surface area contributed by atoms with Crippen molar-refractivity contribution in [3.63, 3.8) is 0 Å². The van der Waals surface area contributed by atoms with E-state index in [1.165, 1.54) is 6.07 Å². The predicted molar refractivity (Wildman–Crippen MR) is 56.1 cm³/mol. The number of rotatable bonds is 5. The number of nitrogens with two attached hydrogens (primary N) is 1. The van der Waals surface area contributed by atoms with Crippen molar-refractivity contribution in [2.45, 2.75) is 19.0 Å². The molecule has 0 bridgehead atoms. The zero-order chi connectivity index (χ0) is 13.8. The number of hydrogen-bond donors (Lipinski definition) is 1. The third kappa shape index (κ3) is 4.44. The second-order valence-electron chi connectivity index (χ2n) is 3.38. The molecule has 1 aromatic heterocycles. The summed E-state index contributed by atoms with van der Waals surface area (Å²) < 4.78 is 40.4. The lowest BCUT2D eigenvalue weighted by Crippen LogP contribution is -2.10. The zero-order valence-corrected chi connectivity index (χ0v) is 9.11. The first kappa shape index (κ1) is 14.0. The molecule has 0 aliphatic heterocycles. The van der Waals surface area contributed by atoms with Crippen molar-refractivity contribution < 1.29 is 22.8 Å². The van der Waals surface area contributed by atoms with Crippen molar-refractivity contribution in [3.8, 4) is 5.88 Å². The summed E-state index contributed by atoms with van der Waals surface area (Å²) in [5.74, 6) is -0.381. The quantitative estimate of drug-likeness (QED) is 0.501. The molecule has 0 saturated heterocycles. The van der Waals surface area contributed by atoms with Gasteiger partial charge in [0.2, 0.25) is 0 Å². The summed E-state index contributed by atoms with van der Waals surface area (Å²) in [4.78, 5) is 13.4. The highest BCUT2D eigenvalue weighted by Gasteiger charge is 2.26. The van der Waals surface area contributed by atoms with Crippen molar-refractivity contribution in [2.24, 2.45) is 0 Å². The van der Waals surface area contributed by atoms with Gasteiger partial charge in [-0.2, -0.15) is 18.2 Å². The fraction of sp³-hybridized carbons (Fsp3) is 0.444. The van der Waals surface area contributed by atoms with E-state index in [0.29, 0.717) is 0 Å². The highest BCUT2D eigenvalue weighted by Crippen LogP contribution is 2.26. The third-order valence-electron chi connectivity index (χ3n) is 1.90. The minimum atomic E-state index is -4.28. The summed E-state index contributed by atoms with van der Waals surface area (Å²) in [5, 5.41) is 10.6.